The SMILES string of the molecule is C=CC1=CCC(OC2CC=C(C3=C4CCC(C3)N(C3=CC5=C(CC3)C3CCC=CC3CC5)C3CCC(CC3)c3cc5c(cc3C(C)(C)C3C=CC(CC3)C3CCCCC43)N(C3CCCCC3)C3=CCC(C=C)CC35)CC2)CC1. The van der Waals surface area contributed by atoms with Gasteiger partial charge < -0.3 is 14.5 Å². The van der Waals surface area contributed by atoms with Crippen molar-refractivity contribution in [1.29, 1.82) is 0 Å². The van der Waals surface area contributed by atoms with Gasteiger partial charge in [-0.25, -0.2) is 0 Å². The van der Waals surface area contributed by atoms with Gasteiger partial charge in [0.2, 0.25) is 0 Å². The molecule has 0 amide bonds. The van der Waals surface area contributed by atoms with Crippen LogP contribution in [0.2, 0.25) is 0 Å². The third kappa shape index (κ3) is 9.70. The van der Waals surface area contributed by atoms with Crippen molar-refractivity contribution in [3.05, 3.63) is 148 Å². The van der Waals surface area contributed by atoms with E-state index in [0.717, 1.165) is 55.8 Å². The zero-order valence-corrected chi connectivity index (χ0v) is 48.9. The average Bonchev–Trinajstić information content (AvgIpc) is 3.90. The number of anilines is 1. The molecule has 1 aromatic rings. The van der Waals surface area contributed by atoms with E-state index in [0.29, 0.717) is 59.9 Å². The Morgan fingerprint density at radius 3 is 2.24 bits per heavy atom. The quantitative estimate of drug-likeness (QED) is 0.253. The summed E-state index contributed by atoms with van der Waals surface area (Å²) in [5.41, 5.74) is 20.8. The van der Waals surface area contributed by atoms with Gasteiger partial charge in [0.1, 0.15) is 0 Å². The molecule has 11 aliphatic carbocycles. The van der Waals surface area contributed by atoms with Crippen LogP contribution < -0.4 is 4.90 Å². The van der Waals surface area contributed by atoms with Crippen molar-refractivity contribution in [2.24, 2.45) is 41.4 Å². The smallest absolute Gasteiger partial charge is 0.0616 e. The summed E-state index contributed by atoms with van der Waals surface area (Å²) in [7, 11) is 0. The van der Waals surface area contributed by atoms with Gasteiger partial charge in [0.05, 0.1) is 12.2 Å². The largest absolute Gasteiger partial charge is 0.374 e. The number of ether oxygens (including phenoxy) is 1. The lowest BCUT2D eigenvalue weighted by Crippen LogP contribution is -2.46. The van der Waals surface area contributed by atoms with Crippen LogP contribution in [-0.2, 0) is 10.2 Å². The molecule has 18 aliphatic rings. The Kier molecular flexibility index (Phi) is 14.8. The standard InChI is InChI=1S/C75H100N2O/c1-5-49-20-37-61(38-21-49)78-62-39-29-53(30-40-62)68-46-60-36-42-67(68)66-19-13-12-18-64(66)52-25-31-56(32-26-52)75(3,4)72-48-74-71(70-44-50(6-2)22-43-73(70)77(74)57-15-8-7-9-16-57)47-69(72)54-27-33-58(34-28-54)76(60)59-35-41-65-55(45-59)24-23-51-14-10-11-17-63(51)65/h5-6,10,14,20,25,29,31,43,45,47-48,50-52,54,56-58,60-64,66,70H,1-2,7-9,11-13,15-19,21-24,26-28,30,32-42,44,46H2,3-4H3. The third-order valence-corrected chi connectivity index (χ3v) is 24.5. The fourth-order valence-electron chi connectivity index (χ4n) is 20.2. The molecule has 11 unspecified atom stereocenters. The van der Waals surface area contributed by atoms with Crippen molar-refractivity contribution in [2.45, 2.75) is 267 Å². The van der Waals surface area contributed by atoms with Crippen LogP contribution in [-0.4, -0.2) is 35.2 Å². The van der Waals surface area contributed by atoms with Gasteiger partial charge in [0.15, 0.2) is 0 Å². The highest BCUT2D eigenvalue weighted by Crippen LogP contribution is 2.58. The number of nitrogens with zero attached hydrogens (tertiary/aromatic N) is 2. The van der Waals surface area contributed by atoms with Gasteiger partial charge in [-0.3, -0.25) is 0 Å². The highest BCUT2D eigenvalue weighted by molar-refractivity contribution is 5.72. The van der Waals surface area contributed by atoms with Crippen molar-refractivity contribution in [2.75, 3.05) is 4.90 Å². The molecule has 3 fully saturated rings. The van der Waals surface area contributed by atoms with Crippen LogP contribution in [0.1, 0.15) is 248 Å². The van der Waals surface area contributed by atoms with E-state index in [4.69, 9.17) is 4.74 Å². The molecule has 3 heteroatoms. The fraction of sp³-hybridized carbons (Fsp3) is 0.653. The molecule has 0 N–H and O–H groups in total. The molecule has 78 heavy (non-hydrogen) atoms. The van der Waals surface area contributed by atoms with Crippen LogP contribution in [0.5, 0.6) is 0 Å². The second-order valence-electron chi connectivity index (χ2n) is 28.8. The molecule has 3 nitrogen and oxygen atoms in total. The van der Waals surface area contributed by atoms with Crippen LogP contribution in [0.3, 0.4) is 0 Å². The van der Waals surface area contributed by atoms with E-state index in [1.807, 2.05) is 16.7 Å². The van der Waals surface area contributed by atoms with E-state index in [-0.39, 0.29) is 5.41 Å². The molecule has 416 valence electrons. The van der Waals surface area contributed by atoms with Crippen LogP contribution in [0.25, 0.3) is 0 Å². The summed E-state index contributed by atoms with van der Waals surface area (Å²) >= 11 is 0. The maximum Gasteiger partial charge on any atom is 0.0616 e. The molecule has 0 spiro atoms. The second-order valence-corrected chi connectivity index (χ2v) is 28.8. The molecule has 6 bridgehead atoms. The molecule has 7 heterocycles. The highest BCUT2D eigenvalue weighted by atomic mass is 16.5. The molecule has 7 aliphatic heterocycles. The lowest BCUT2D eigenvalue weighted by atomic mass is 9.60. The summed E-state index contributed by atoms with van der Waals surface area (Å²) < 4.78 is 6.97. The average molecular weight is 1050 g/mol. The highest BCUT2D eigenvalue weighted by Gasteiger charge is 2.47. The number of fused-ring (bicyclic) bond motifs is 5. The summed E-state index contributed by atoms with van der Waals surface area (Å²) in [6.07, 6.45) is 67.9. The molecule has 19 rings (SSSR count). The first-order valence-electron chi connectivity index (χ1n) is 33.5. The molecule has 0 aromatic heterocycles. The van der Waals surface area contributed by atoms with Crippen molar-refractivity contribution in [1.82, 2.24) is 4.90 Å². The summed E-state index contributed by atoms with van der Waals surface area (Å²) in [5, 5.41) is 0. The van der Waals surface area contributed by atoms with E-state index in [1.54, 1.807) is 44.9 Å². The van der Waals surface area contributed by atoms with Crippen molar-refractivity contribution < 1.29 is 4.74 Å². The van der Waals surface area contributed by atoms with Gasteiger partial charge >= 0.3 is 0 Å². The number of allylic oxidation sites excluding steroid dienone is 15. The molecule has 1 aromatic carbocycles. The minimum Gasteiger partial charge on any atom is -0.374 e. The van der Waals surface area contributed by atoms with Crippen LogP contribution in [0, 0.1) is 41.4 Å². The first-order chi connectivity index (χ1) is 38.3. The van der Waals surface area contributed by atoms with Crippen LogP contribution >= 0.6 is 0 Å². The predicted octanol–water partition coefficient (Wildman–Crippen LogP) is 19.8. The van der Waals surface area contributed by atoms with E-state index in [1.165, 1.54) is 179 Å². The van der Waals surface area contributed by atoms with Gasteiger partial charge in [-0.2, -0.15) is 0 Å². The molecule has 3 saturated carbocycles. The monoisotopic (exact) mass is 1040 g/mol. The lowest BCUT2D eigenvalue weighted by Gasteiger charge is -2.50. The van der Waals surface area contributed by atoms with E-state index >= 15 is 0 Å². The molecule has 0 radical (unpaired) electrons. The lowest BCUT2D eigenvalue weighted by molar-refractivity contribution is -0.0206. The Labute approximate surface area is 473 Å². The summed E-state index contributed by atoms with van der Waals surface area (Å²) in [6, 6.07) is 7.62. The zero-order chi connectivity index (χ0) is 52.5. The Hall–Kier alpha value is -3.82. The van der Waals surface area contributed by atoms with E-state index in [9.17, 15) is 0 Å². The van der Waals surface area contributed by atoms with Gasteiger partial charge in [0, 0.05) is 41.1 Å². The first-order valence-corrected chi connectivity index (χ1v) is 33.5. The Morgan fingerprint density at radius 1 is 0.628 bits per heavy atom. The Morgan fingerprint density at radius 2 is 1.46 bits per heavy atom. The topological polar surface area (TPSA) is 15.7 Å². The van der Waals surface area contributed by atoms with Gasteiger partial charge in [-0.05, 0) is 272 Å². The maximum absolute atomic E-state index is 6.97. The molecule has 0 saturated heterocycles. The minimum atomic E-state index is 0.0631. The summed E-state index contributed by atoms with van der Waals surface area (Å²) in [4.78, 5) is 6.19. The molecule has 11 atom stereocenters. The number of hydrogen-bond acceptors (Lipinski definition) is 3. The summed E-state index contributed by atoms with van der Waals surface area (Å²) in [5.74, 6) is 6.05. The Bertz CT molecular complexity index is 2710. The predicted molar refractivity (Wildman–Crippen MR) is 327 cm³/mol. The molecular weight excluding hydrogens is 945 g/mol. The van der Waals surface area contributed by atoms with Crippen molar-refractivity contribution in [3.8, 4) is 0 Å². The maximum atomic E-state index is 6.97. The van der Waals surface area contributed by atoms with E-state index < -0.39 is 0 Å². The second kappa shape index (κ2) is 22.2. The number of hydrogen-bond donors (Lipinski definition) is 0. The number of benzene rings is 1. The minimum absolute atomic E-state index is 0.0631. The van der Waals surface area contributed by atoms with Gasteiger partial charge in [0.25, 0.3) is 0 Å². The normalized spacial score (nSPS) is 37.6. The fourth-order valence-corrected chi connectivity index (χ4v) is 20.2. The third-order valence-electron chi connectivity index (χ3n) is 24.5. The summed E-state index contributed by atoms with van der Waals surface area (Å²) in [6.45, 7) is 13.9. The van der Waals surface area contributed by atoms with Gasteiger partial charge in [-0.15, -0.1) is 6.58 Å². The zero-order valence-electron chi connectivity index (χ0n) is 48.9. The van der Waals surface area contributed by atoms with Crippen LogP contribution in [0.15, 0.2) is 131 Å². The number of rotatable bonds is 7. The van der Waals surface area contributed by atoms with Gasteiger partial charge in [-0.1, -0.05) is 130 Å². The first kappa shape index (κ1) is 52.3. The molecular formula is C75H100N2O. The van der Waals surface area contributed by atoms with E-state index in [2.05, 4.69) is 110 Å². The van der Waals surface area contributed by atoms with Crippen LogP contribution in [0.4, 0.5) is 5.69 Å². The van der Waals surface area contributed by atoms with Crippen molar-refractivity contribution in [3.63, 3.8) is 0 Å². The Balaban J connectivity index is 0.859. The van der Waals surface area contributed by atoms with Crippen molar-refractivity contribution >= 4 is 5.69 Å².